The lowest BCUT2D eigenvalue weighted by molar-refractivity contribution is 1.08. The summed E-state index contributed by atoms with van der Waals surface area (Å²) in [6, 6.07) is 7.85. The summed E-state index contributed by atoms with van der Waals surface area (Å²) in [7, 11) is 0. The summed E-state index contributed by atoms with van der Waals surface area (Å²) in [5, 5.41) is 4.15. The van der Waals surface area contributed by atoms with Crippen molar-refractivity contribution in [3.63, 3.8) is 0 Å². The molecule has 2 aromatic rings. The molecule has 0 radical (unpaired) electrons. The number of anilines is 1. The molecule has 2 nitrogen and oxygen atoms in total. The number of nitrogens with one attached hydrogen (secondary N) is 1. The molecule has 0 aliphatic rings. The molecule has 4 heteroatoms. The minimum absolute atomic E-state index is 0.762. The fourth-order valence-corrected chi connectivity index (χ4v) is 2.57. The minimum atomic E-state index is 0.762. The smallest absolute Gasteiger partial charge is 0.0479 e. The fraction of sp³-hybridized carbons (Fsp3) is 0.154. The molecule has 2 rings (SSSR count). The second kappa shape index (κ2) is 5.69. The van der Waals surface area contributed by atoms with Gasteiger partial charge in [0.1, 0.15) is 0 Å². The second-order valence-corrected chi connectivity index (χ2v) is 5.38. The van der Waals surface area contributed by atoms with Crippen LogP contribution in [0, 0.1) is 10.5 Å². The first-order valence-corrected chi connectivity index (χ1v) is 6.71. The minimum Gasteiger partial charge on any atom is -0.380 e. The number of halogens is 2. The molecule has 0 amide bonds. The van der Waals surface area contributed by atoms with Gasteiger partial charge in [0.15, 0.2) is 0 Å². The Hall–Kier alpha value is -0.810. The molecule has 1 N–H and O–H groups in total. The molecule has 0 atom stereocenters. The van der Waals surface area contributed by atoms with E-state index in [4.69, 9.17) is 11.6 Å². The summed E-state index contributed by atoms with van der Waals surface area (Å²) in [5.41, 5.74) is 3.55. The Morgan fingerprint density at radius 3 is 2.88 bits per heavy atom. The Morgan fingerprint density at radius 1 is 1.35 bits per heavy atom. The zero-order valence-corrected chi connectivity index (χ0v) is 12.3. The summed E-state index contributed by atoms with van der Waals surface area (Å²) in [5.74, 6) is 0. The zero-order chi connectivity index (χ0) is 12.3. The summed E-state index contributed by atoms with van der Waals surface area (Å²) < 4.78 is 1.12. The Balaban J connectivity index is 2.10. The number of pyridine rings is 1. The molecule has 0 spiro atoms. The standard InChI is InChI=1S/C13H12ClIN2/c1-9-4-5-16-7-10(9)8-17-13-3-2-11(14)6-12(13)15/h2-7,17H,8H2,1H3. The molecule has 1 heterocycles. The van der Waals surface area contributed by atoms with Gasteiger partial charge in [0.05, 0.1) is 0 Å². The van der Waals surface area contributed by atoms with Gasteiger partial charge < -0.3 is 5.32 Å². The second-order valence-electron chi connectivity index (χ2n) is 3.78. The van der Waals surface area contributed by atoms with Crippen LogP contribution < -0.4 is 5.32 Å². The molecule has 0 saturated heterocycles. The van der Waals surface area contributed by atoms with E-state index in [1.807, 2.05) is 36.7 Å². The Morgan fingerprint density at radius 2 is 2.18 bits per heavy atom. The molecule has 0 aliphatic carbocycles. The average Bonchev–Trinajstić information content (AvgIpc) is 2.30. The molecule has 0 bridgehead atoms. The van der Waals surface area contributed by atoms with Crippen molar-refractivity contribution in [1.29, 1.82) is 0 Å². The van der Waals surface area contributed by atoms with Gasteiger partial charge in [0.25, 0.3) is 0 Å². The van der Waals surface area contributed by atoms with Crippen LogP contribution in [0.3, 0.4) is 0 Å². The molecular weight excluding hydrogens is 347 g/mol. The predicted molar refractivity (Wildman–Crippen MR) is 80.5 cm³/mol. The van der Waals surface area contributed by atoms with Crippen LogP contribution in [-0.4, -0.2) is 4.98 Å². The fourth-order valence-electron chi connectivity index (χ4n) is 1.51. The third-order valence-electron chi connectivity index (χ3n) is 2.55. The molecule has 1 aromatic heterocycles. The third-order valence-corrected chi connectivity index (χ3v) is 3.68. The number of hydrogen-bond acceptors (Lipinski definition) is 2. The lowest BCUT2D eigenvalue weighted by Crippen LogP contribution is -2.03. The SMILES string of the molecule is Cc1ccncc1CNc1ccc(Cl)cc1I. The van der Waals surface area contributed by atoms with Crippen molar-refractivity contribution in [2.45, 2.75) is 13.5 Å². The number of hydrogen-bond donors (Lipinski definition) is 1. The Kier molecular flexibility index (Phi) is 4.23. The van der Waals surface area contributed by atoms with Gasteiger partial charge in [-0.1, -0.05) is 11.6 Å². The monoisotopic (exact) mass is 358 g/mol. The number of aromatic nitrogens is 1. The van der Waals surface area contributed by atoms with Gasteiger partial charge in [-0.2, -0.15) is 0 Å². The van der Waals surface area contributed by atoms with E-state index in [1.54, 1.807) is 0 Å². The van der Waals surface area contributed by atoms with Gasteiger partial charge in [-0.05, 0) is 64.9 Å². The quantitative estimate of drug-likeness (QED) is 0.829. The van der Waals surface area contributed by atoms with E-state index < -0.39 is 0 Å². The van der Waals surface area contributed by atoms with Crippen LogP contribution in [0.2, 0.25) is 5.02 Å². The van der Waals surface area contributed by atoms with Crippen molar-refractivity contribution in [2.75, 3.05) is 5.32 Å². The van der Waals surface area contributed by atoms with E-state index in [2.05, 4.69) is 39.8 Å². The molecule has 1 aromatic carbocycles. The van der Waals surface area contributed by atoms with Crippen molar-refractivity contribution >= 4 is 39.9 Å². The number of benzene rings is 1. The Bertz CT molecular complexity index is 529. The van der Waals surface area contributed by atoms with Crippen molar-refractivity contribution in [3.8, 4) is 0 Å². The van der Waals surface area contributed by atoms with Crippen LogP contribution in [0.1, 0.15) is 11.1 Å². The van der Waals surface area contributed by atoms with Crippen LogP contribution >= 0.6 is 34.2 Å². The molecule has 0 saturated carbocycles. The largest absolute Gasteiger partial charge is 0.380 e. The molecule has 17 heavy (non-hydrogen) atoms. The highest BCUT2D eigenvalue weighted by molar-refractivity contribution is 14.1. The highest BCUT2D eigenvalue weighted by Gasteiger charge is 2.02. The maximum absolute atomic E-state index is 5.92. The maximum Gasteiger partial charge on any atom is 0.0479 e. The molecule has 0 unspecified atom stereocenters. The summed E-state index contributed by atoms with van der Waals surface area (Å²) in [6.45, 7) is 2.86. The first kappa shape index (κ1) is 12.6. The molecule has 0 aliphatic heterocycles. The number of rotatable bonds is 3. The first-order chi connectivity index (χ1) is 8.16. The third kappa shape index (κ3) is 3.33. The van der Waals surface area contributed by atoms with Gasteiger partial charge in [0.2, 0.25) is 0 Å². The van der Waals surface area contributed by atoms with E-state index in [0.717, 1.165) is 20.8 Å². The van der Waals surface area contributed by atoms with E-state index in [1.165, 1.54) is 11.1 Å². The van der Waals surface area contributed by atoms with Crippen LogP contribution in [-0.2, 0) is 6.54 Å². The number of nitrogens with zero attached hydrogens (tertiary/aromatic N) is 1. The van der Waals surface area contributed by atoms with Crippen molar-refractivity contribution in [2.24, 2.45) is 0 Å². The van der Waals surface area contributed by atoms with E-state index in [0.29, 0.717) is 0 Å². The van der Waals surface area contributed by atoms with Crippen LogP contribution in [0.25, 0.3) is 0 Å². The summed E-state index contributed by atoms with van der Waals surface area (Å²) in [6.07, 6.45) is 3.70. The van der Waals surface area contributed by atoms with Gasteiger partial charge in [-0.3, -0.25) is 4.98 Å². The predicted octanol–water partition coefficient (Wildman–Crippen LogP) is 4.26. The topological polar surface area (TPSA) is 24.9 Å². The Labute approximate surface area is 120 Å². The lowest BCUT2D eigenvalue weighted by atomic mass is 10.1. The van der Waals surface area contributed by atoms with Crippen LogP contribution in [0.5, 0.6) is 0 Å². The van der Waals surface area contributed by atoms with E-state index >= 15 is 0 Å². The highest BCUT2D eigenvalue weighted by Crippen LogP contribution is 2.23. The van der Waals surface area contributed by atoms with Crippen LogP contribution in [0.15, 0.2) is 36.7 Å². The summed E-state index contributed by atoms with van der Waals surface area (Å²) >= 11 is 8.19. The summed E-state index contributed by atoms with van der Waals surface area (Å²) in [4.78, 5) is 4.13. The van der Waals surface area contributed by atoms with E-state index in [9.17, 15) is 0 Å². The maximum atomic E-state index is 5.92. The average molecular weight is 359 g/mol. The van der Waals surface area contributed by atoms with Crippen molar-refractivity contribution in [1.82, 2.24) is 4.98 Å². The number of aryl methyl sites for hydroxylation is 1. The van der Waals surface area contributed by atoms with Crippen molar-refractivity contribution in [3.05, 3.63) is 56.4 Å². The molecular formula is C13H12ClIN2. The van der Waals surface area contributed by atoms with Gasteiger partial charge in [-0.15, -0.1) is 0 Å². The highest BCUT2D eigenvalue weighted by atomic mass is 127. The normalized spacial score (nSPS) is 10.3. The first-order valence-electron chi connectivity index (χ1n) is 5.25. The zero-order valence-electron chi connectivity index (χ0n) is 9.37. The van der Waals surface area contributed by atoms with Crippen molar-refractivity contribution < 1.29 is 0 Å². The molecule has 0 fully saturated rings. The van der Waals surface area contributed by atoms with Crippen LogP contribution in [0.4, 0.5) is 5.69 Å². The molecule has 88 valence electrons. The van der Waals surface area contributed by atoms with Gasteiger partial charge >= 0.3 is 0 Å². The van der Waals surface area contributed by atoms with Gasteiger partial charge in [0, 0.05) is 33.2 Å². The van der Waals surface area contributed by atoms with Gasteiger partial charge in [-0.25, -0.2) is 0 Å². The lowest BCUT2D eigenvalue weighted by Gasteiger charge is -2.10. The van der Waals surface area contributed by atoms with E-state index in [-0.39, 0.29) is 0 Å².